The molecular weight excluding hydrogens is 597 g/mol. The van der Waals surface area contributed by atoms with Gasteiger partial charge in [0.1, 0.15) is 0 Å². The van der Waals surface area contributed by atoms with Crippen LogP contribution in [0.1, 0.15) is 16.4 Å². The molecule has 0 atom stereocenters. The number of para-hydroxylation sites is 1. The molecule has 0 spiro atoms. The maximum absolute atomic E-state index is 9.57. The zero-order valence-electron chi connectivity index (χ0n) is 37.7. The van der Waals surface area contributed by atoms with Gasteiger partial charge in [-0.15, -0.1) is 0 Å². The zero-order valence-corrected chi connectivity index (χ0v) is 25.7. The maximum Gasteiger partial charge on any atom is 0.164 e. The molecule has 0 radical (unpaired) electrons. The number of aromatic nitrogens is 4. The van der Waals surface area contributed by atoms with Crippen molar-refractivity contribution in [3.05, 3.63) is 182 Å². The van der Waals surface area contributed by atoms with Gasteiger partial charge in [-0.3, -0.25) is 0 Å². The Labute approximate surface area is 301 Å². The van der Waals surface area contributed by atoms with E-state index in [1.54, 1.807) is 12.1 Å². The van der Waals surface area contributed by atoms with Crippen LogP contribution in [0, 0.1) is 0 Å². The van der Waals surface area contributed by atoms with Gasteiger partial charge in [0.2, 0.25) is 0 Å². The van der Waals surface area contributed by atoms with E-state index >= 15 is 0 Å². The summed E-state index contributed by atoms with van der Waals surface area (Å²) in [6.07, 6.45) is 0. The lowest BCUT2D eigenvalue weighted by Gasteiger charge is -2.16. The Bertz CT molecular complexity index is 3180. The van der Waals surface area contributed by atoms with Crippen molar-refractivity contribution in [3.8, 4) is 62.1 Å². The average molecular weight is 639 g/mol. The number of benzene rings is 7. The lowest BCUT2D eigenvalue weighted by atomic mass is 9.99. The molecule has 0 saturated carbocycles. The monoisotopic (exact) mass is 638 g/mol. The van der Waals surface area contributed by atoms with Crippen LogP contribution in [-0.2, 0) is 0 Å². The van der Waals surface area contributed by atoms with E-state index in [-0.39, 0.29) is 21.8 Å². The summed E-state index contributed by atoms with van der Waals surface area (Å²) >= 11 is 0. The lowest BCUT2D eigenvalue weighted by molar-refractivity contribution is 1.07. The average Bonchev–Trinajstić information content (AvgIpc) is 3.66. The third kappa shape index (κ3) is 5.26. The van der Waals surface area contributed by atoms with Crippen molar-refractivity contribution in [2.75, 3.05) is 0 Å². The molecule has 0 saturated heterocycles. The van der Waals surface area contributed by atoms with Gasteiger partial charge in [-0.1, -0.05) is 145 Å². The van der Waals surface area contributed by atoms with Crippen molar-refractivity contribution < 1.29 is 16.4 Å². The molecule has 9 aromatic rings. The van der Waals surface area contributed by atoms with Gasteiger partial charge in [0.05, 0.1) is 33.2 Å². The van der Waals surface area contributed by atoms with Crippen molar-refractivity contribution in [2.45, 2.75) is 0 Å². The smallest absolute Gasteiger partial charge is 0.164 e. The molecule has 0 aliphatic rings. The van der Waals surface area contributed by atoms with E-state index in [2.05, 4.69) is 0 Å². The Kier molecular flexibility index (Phi) is 4.63. The van der Waals surface area contributed by atoms with E-state index in [1.165, 1.54) is 4.57 Å². The second kappa shape index (κ2) is 12.2. The van der Waals surface area contributed by atoms with Crippen molar-refractivity contribution in [1.29, 1.82) is 0 Å². The molecule has 0 N–H and O–H groups in total. The lowest BCUT2D eigenvalue weighted by Crippen LogP contribution is -2.02. The van der Waals surface area contributed by atoms with Gasteiger partial charge < -0.3 is 4.57 Å². The highest BCUT2D eigenvalue weighted by Gasteiger charge is 2.19. The highest BCUT2D eigenvalue weighted by Crippen LogP contribution is 2.39. The van der Waals surface area contributed by atoms with Crippen LogP contribution in [0.2, 0.25) is 0 Å². The SMILES string of the molecule is [2H]c1c([2H])c([2H])c(-c2c([2H])c([2H])c3c(c2[2H])c2c([2H])c([2H])c([2H])c([2H])c2n3-c2ccc(-c3nc(-c4ccccc4)nc(-c4ccccc4)n3)cc2-c2ccccc2)c([2H])c1[2H]. The van der Waals surface area contributed by atoms with Crippen LogP contribution < -0.4 is 0 Å². The van der Waals surface area contributed by atoms with Crippen LogP contribution in [0.25, 0.3) is 83.9 Å². The quantitative estimate of drug-likeness (QED) is 0.182. The Balaban J connectivity index is 1.40. The summed E-state index contributed by atoms with van der Waals surface area (Å²) in [5, 5.41) is -0.279. The van der Waals surface area contributed by atoms with Crippen molar-refractivity contribution in [3.63, 3.8) is 0 Å². The fourth-order valence-electron chi connectivity index (χ4n) is 5.91. The first-order valence-electron chi connectivity index (χ1n) is 21.5. The number of fused-ring (bicyclic) bond motifs is 3. The van der Waals surface area contributed by atoms with Crippen LogP contribution in [-0.4, -0.2) is 19.5 Å². The minimum atomic E-state index is -0.691. The molecule has 49 heavy (non-hydrogen) atoms. The highest BCUT2D eigenvalue weighted by atomic mass is 15.0. The Morgan fingerprint density at radius 3 is 1.61 bits per heavy atom. The zero-order chi connectivity index (χ0) is 43.0. The van der Waals surface area contributed by atoms with Gasteiger partial charge in [0.25, 0.3) is 0 Å². The van der Waals surface area contributed by atoms with E-state index in [0.717, 1.165) is 11.1 Å². The van der Waals surface area contributed by atoms with Crippen LogP contribution in [0.15, 0.2) is 182 Å². The molecule has 9 rings (SSSR count). The fourth-order valence-corrected chi connectivity index (χ4v) is 5.91. The first-order chi connectivity index (χ1) is 29.3. The van der Waals surface area contributed by atoms with Crippen LogP contribution in [0.3, 0.4) is 0 Å². The normalized spacial score (nSPS) is 14.7. The van der Waals surface area contributed by atoms with Gasteiger partial charge in [-0.2, -0.15) is 0 Å². The van der Waals surface area contributed by atoms with E-state index in [0.29, 0.717) is 39.9 Å². The minimum absolute atomic E-state index is 0.0802. The molecule has 7 aromatic carbocycles. The van der Waals surface area contributed by atoms with E-state index in [9.17, 15) is 5.48 Å². The molecular formula is C45H30N4. The minimum Gasteiger partial charge on any atom is -0.309 e. The highest BCUT2D eigenvalue weighted by molar-refractivity contribution is 6.11. The van der Waals surface area contributed by atoms with E-state index in [1.807, 2.05) is 97.1 Å². The summed E-state index contributed by atoms with van der Waals surface area (Å²) in [7, 11) is 0. The summed E-state index contributed by atoms with van der Waals surface area (Å²) < 4.78 is 108. The molecule has 4 nitrogen and oxygen atoms in total. The third-order valence-corrected chi connectivity index (χ3v) is 8.19. The second-order valence-corrected chi connectivity index (χ2v) is 11.2. The van der Waals surface area contributed by atoms with Gasteiger partial charge >= 0.3 is 0 Å². The molecule has 0 aliphatic carbocycles. The summed E-state index contributed by atoms with van der Waals surface area (Å²) in [5.74, 6) is 1.22. The molecule has 230 valence electrons. The molecule has 0 amide bonds. The van der Waals surface area contributed by atoms with Gasteiger partial charge in [0, 0.05) is 33.0 Å². The van der Waals surface area contributed by atoms with Crippen LogP contribution in [0.5, 0.6) is 0 Å². The van der Waals surface area contributed by atoms with Crippen molar-refractivity contribution in [1.82, 2.24) is 19.5 Å². The van der Waals surface area contributed by atoms with Gasteiger partial charge in [-0.25, -0.2) is 15.0 Å². The van der Waals surface area contributed by atoms with E-state index < -0.39 is 83.6 Å². The van der Waals surface area contributed by atoms with Crippen molar-refractivity contribution in [2.24, 2.45) is 0 Å². The Morgan fingerprint density at radius 2 is 0.959 bits per heavy atom. The number of rotatable bonds is 6. The molecule has 2 heterocycles. The van der Waals surface area contributed by atoms with Gasteiger partial charge in [-0.05, 0) is 53.0 Å². The standard InChI is InChI=1S/C45H30N4/c1-5-15-31(16-6-1)35-25-27-42-39(29-35)37-23-13-14-24-40(37)49(42)41-28-26-36(30-38(41)32-17-7-2-8-18-32)45-47-43(33-19-9-3-10-20-33)46-44(48-45)34-21-11-4-12-22-34/h1-30H/i1D,5D,6D,13D,14D,15D,16D,23D,24D,25D,27D,29D. The predicted octanol–water partition coefficient (Wildman–Crippen LogP) is 11.3. The fraction of sp³-hybridized carbons (Fsp3) is 0. The maximum atomic E-state index is 9.57. The number of hydrogen-bond donors (Lipinski definition) is 0. The second-order valence-electron chi connectivity index (χ2n) is 11.2. The van der Waals surface area contributed by atoms with E-state index in [4.69, 9.17) is 25.9 Å². The number of hydrogen-bond acceptors (Lipinski definition) is 3. The van der Waals surface area contributed by atoms with Crippen LogP contribution in [0.4, 0.5) is 0 Å². The topological polar surface area (TPSA) is 43.6 Å². The molecule has 2 aromatic heterocycles. The summed E-state index contributed by atoms with van der Waals surface area (Å²) in [5.41, 5.74) is 2.57. The summed E-state index contributed by atoms with van der Waals surface area (Å²) in [4.78, 5) is 14.6. The molecule has 0 fully saturated rings. The molecule has 0 aliphatic heterocycles. The Morgan fingerprint density at radius 1 is 0.408 bits per heavy atom. The largest absolute Gasteiger partial charge is 0.309 e. The molecule has 0 bridgehead atoms. The molecule has 0 unspecified atom stereocenters. The number of nitrogens with zero attached hydrogens (tertiary/aromatic N) is 4. The summed E-state index contributed by atoms with van der Waals surface area (Å²) in [6, 6.07) is 26.2. The van der Waals surface area contributed by atoms with Crippen LogP contribution >= 0.6 is 0 Å². The van der Waals surface area contributed by atoms with Gasteiger partial charge in [0.15, 0.2) is 17.5 Å². The first-order valence-corrected chi connectivity index (χ1v) is 15.5. The third-order valence-electron chi connectivity index (χ3n) is 8.19. The summed E-state index contributed by atoms with van der Waals surface area (Å²) in [6.45, 7) is 0. The Hall–Kier alpha value is -6.65. The molecule has 4 heteroatoms. The first kappa shape index (κ1) is 18.6. The predicted molar refractivity (Wildman–Crippen MR) is 201 cm³/mol. The van der Waals surface area contributed by atoms with Crippen molar-refractivity contribution >= 4 is 21.8 Å².